The monoisotopic (exact) mass is 277 g/mol. The van der Waals surface area contributed by atoms with Gasteiger partial charge < -0.3 is 15.2 Å². The van der Waals surface area contributed by atoms with Crippen molar-refractivity contribution in [2.45, 2.75) is 57.5 Å². The fourth-order valence-electron chi connectivity index (χ4n) is 2.87. The molecule has 0 unspecified atom stereocenters. The highest BCUT2D eigenvalue weighted by molar-refractivity contribution is 5.28. The number of rotatable bonds is 7. The van der Waals surface area contributed by atoms with Crippen LogP contribution in [-0.4, -0.2) is 23.9 Å². The molecule has 0 atom stereocenters. The minimum Gasteiger partial charge on any atom is -0.494 e. The lowest BCUT2D eigenvalue weighted by atomic mass is 9.82. The Morgan fingerprint density at radius 2 is 2.05 bits per heavy atom. The Balaban J connectivity index is 1.92. The third-order valence-electron chi connectivity index (χ3n) is 4.15. The first-order valence-corrected chi connectivity index (χ1v) is 7.86. The molecule has 1 fully saturated rings. The van der Waals surface area contributed by atoms with Gasteiger partial charge in [-0.1, -0.05) is 38.3 Å². The molecule has 112 valence electrons. The van der Waals surface area contributed by atoms with Crippen LogP contribution >= 0.6 is 0 Å². The molecule has 2 N–H and O–H groups in total. The van der Waals surface area contributed by atoms with Crippen LogP contribution in [0, 0.1) is 0 Å². The summed E-state index contributed by atoms with van der Waals surface area (Å²) in [7, 11) is 0. The predicted octanol–water partition coefficient (Wildman–Crippen LogP) is 3.26. The SMILES string of the molecule is CCCOc1cccc(CNC2(CO)CCCCC2)c1. The zero-order valence-corrected chi connectivity index (χ0v) is 12.5. The average Bonchev–Trinajstić information content (AvgIpc) is 2.52. The van der Waals surface area contributed by atoms with E-state index in [1.807, 2.05) is 12.1 Å². The van der Waals surface area contributed by atoms with E-state index in [0.29, 0.717) is 0 Å². The van der Waals surface area contributed by atoms with Gasteiger partial charge in [-0.15, -0.1) is 0 Å². The van der Waals surface area contributed by atoms with Crippen molar-refractivity contribution in [2.75, 3.05) is 13.2 Å². The molecular formula is C17H27NO2. The van der Waals surface area contributed by atoms with Gasteiger partial charge in [0.2, 0.25) is 0 Å². The number of benzene rings is 1. The molecule has 0 saturated heterocycles. The Hall–Kier alpha value is -1.06. The third kappa shape index (κ3) is 4.22. The molecule has 0 bridgehead atoms. The normalized spacial score (nSPS) is 17.9. The summed E-state index contributed by atoms with van der Waals surface area (Å²) in [6, 6.07) is 8.24. The lowest BCUT2D eigenvalue weighted by Gasteiger charge is -2.36. The molecule has 2 rings (SSSR count). The largest absolute Gasteiger partial charge is 0.494 e. The molecule has 0 amide bonds. The molecule has 20 heavy (non-hydrogen) atoms. The zero-order chi connectivity index (χ0) is 14.3. The van der Waals surface area contributed by atoms with E-state index >= 15 is 0 Å². The number of aliphatic hydroxyl groups is 1. The smallest absolute Gasteiger partial charge is 0.119 e. The quantitative estimate of drug-likeness (QED) is 0.804. The standard InChI is InChI=1S/C17H27NO2/c1-2-11-20-16-8-6-7-15(12-16)13-18-17(14-19)9-4-3-5-10-17/h6-8,12,18-19H,2-5,9-11,13-14H2,1H3. The second-order valence-corrected chi connectivity index (χ2v) is 5.85. The first-order chi connectivity index (χ1) is 9.78. The molecule has 0 aromatic heterocycles. The summed E-state index contributed by atoms with van der Waals surface area (Å²) in [5.41, 5.74) is 1.15. The highest BCUT2D eigenvalue weighted by atomic mass is 16.5. The van der Waals surface area contributed by atoms with Gasteiger partial charge in [0.25, 0.3) is 0 Å². The minimum absolute atomic E-state index is 0.0709. The van der Waals surface area contributed by atoms with E-state index in [-0.39, 0.29) is 12.1 Å². The van der Waals surface area contributed by atoms with Crippen LogP contribution < -0.4 is 10.1 Å². The van der Waals surface area contributed by atoms with Gasteiger partial charge in [0, 0.05) is 12.1 Å². The van der Waals surface area contributed by atoms with Gasteiger partial charge in [-0.05, 0) is 37.0 Å². The fraction of sp³-hybridized carbons (Fsp3) is 0.647. The summed E-state index contributed by atoms with van der Waals surface area (Å²) >= 11 is 0. The molecule has 0 aliphatic heterocycles. The van der Waals surface area contributed by atoms with E-state index in [0.717, 1.165) is 38.2 Å². The van der Waals surface area contributed by atoms with Gasteiger partial charge in [-0.3, -0.25) is 0 Å². The van der Waals surface area contributed by atoms with E-state index in [9.17, 15) is 5.11 Å². The van der Waals surface area contributed by atoms with Crippen LogP contribution in [0.25, 0.3) is 0 Å². The summed E-state index contributed by atoms with van der Waals surface area (Å²) in [4.78, 5) is 0. The third-order valence-corrected chi connectivity index (χ3v) is 4.15. The zero-order valence-electron chi connectivity index (χ0n) is 12.5. The summed E-state index contributed by atoms with van der Waals surface area (Å²) in [6.45, 7) is 3.90. The van der Waals surface area contributed by atoms with Gasteiger partial charge >= 0.3 is 0 Å². The maximum absolute atomic E-state index is 9.70. The highest BCUT2D eigenvalue weighted by Gasteiger charge is 2.30. The molecule has 1 aliphatic rings. The summed E-state index contributed by atoms with van der Waals surface area (Å²) < 4.78 is 5.66. The molecule has 0 heterocycles. The van der Waals surface area contributed by atoms with Gasteiger partial charge in [0.15, 0.2) is 0 Å². The molecule has 3 heteroatoms. The van der Waals surface area contributed by atoms with E-state index in [2.05, 4.69) is 24.4 Å². The van der Waals surface area contributed by atoms with E-state index in [4.69, 9.17) is 4.74 Å². The topological polar surface area (TPSA) is 41.5 Å². The van der Waals surface area contributed by atoms with E-state index < -0.39 is 0 Å². The van der Waals surface area contributed by atoms with Crippen molar-refractivity contribution >= 4 is 0 Å². The molecule has 0 radical (unpaired) electrons. The number of hydrogen-bond acceptors (Lipinski definition) is 3. The van der Waals surface area contributed by atoms with Crippen LogP contribution in [0.1, 0.15) is 51.0 Å². The fourth-order valence-corrected chi connectivity index (χ4v) is 2.87. The van der Waals surface area contributed by atoms with Crippen LogP contribution in [0.4, 0.5) is 0 Å². The Morgan fingerprint density at radius 1 is 1.25 bits per heavy atom. The first-order valence-electron chi connectivity index (χ1n) is 7.86. The summed E-state index contributed by atoms with van der Waals surface area (Å²) in [5.74, 6) is 0.938. The Labute approximate surface area is 122 Å². The number of nitrogens with one attached hydrogen (secondary N) is 1. The van der Waals surface area contributed by atoms with Crippen LogP contribution in [0.5, 0.6) is 5.75 Å². The Morgan fingerprint density at radius 3 is 2.75 bits per heavy atom. The van der Waals surface area contributed by atoms with Crippen molar-refractivity contribution in [3.63, 3.8) is 0 Å². The maximum atomic E-state index is 9.70. The van der Waals surface area contributed by atoms with Crippen LogP contribution in [0.3, 0.4) is 0 Å². The summed E-state index contributed by atoms with van der Waals surface area (Å²) in [5, 5.41) is 13.3. The van der Waals surface area contributed by atoms with Crippen LogP contribution in [0.2, 0.25) is 0 Å². The van der Waals surface area contributed by atoms with Crippen molar-refractivity contribution in [1.82, 2.24) is 5.32 Å². The van der Waals surface area contributed by atoms with Gasteiger partial charge in [0.1, 0.15) is 5.75 Å². The molecular weight excluding hydrogens is 250 g/mol. The molecule has 1 aliphatic carbocycles. The van der Waals surface area contributed by atoms with Crippen molar-refractivity contribution in [1.29, 1.82) is 0 Å². The number of ether oxygens (including phenoxy) is 1. The average molecular weight is 277 g/mol. The lowest BCUT2D eigenvalue weighted by molar-refractivity contribution is 0.119. The second kappa shape index (κ2) is 7.65. The van der Waals surface area contributed by atoms with Gasteiger partial charge in [-0.2, -0.15) is 0 Å². The molecule has 3 nitrogen and oxygen atoms in total. The highest BCUT2D eigenvalue weighted by Crippen LogP contribution is 2.28. The predicted molar refractivity (Wildman–Crippen MR) is 82.0 cm³/mol. The molecule has 1 aromatic rings. The van der Waals surface area contributed by atoms with Crippen LogP contribution in [0.15, 0.2) is 24.3 Å². The summed E-state index contributed by atoms with van der Waals surface area (Å²) in [6.07, 6.45) is 6.91. The van der Waals surface area contributed by atoms with Crippen molar-refractivity contribution in [2.24, 2.45) is 0 Å². The van der Waals surface area contributed by atoms with E-state index in [1.54, 1.807) is 0 Å². The van der Waals surface area contributed by atoms with Crippen molar-refractivity contribution < 1.29 is 9.84 Å². The Bertz CT molecular complexity index is 400. The molecule has 0 spiro atoms. The lowest BCUT2D eigenvalue weighted by Crippen LogP contribution is -2.49. The second-order valence-electron chi connectivity index (χ2n) is 5.85. The maximum Gasteiger partial charge on any atom is 0.119 e. The molecule has 1 saturated carbocycles. The number of hydrogen-bond donors (Lipinski definition) is 2. The molecule has 1 aromatic carbocycles. The first kappa shape index (κ1) is 15.3. The van der Waals surface area contributed by atoms with Gasteiger partial charge in [-0.25, -0.2) is 0 Å². The van der Waals surface area contributed by atoms with Crippen molar-refractivity contribution in [3.8, 4) is 5.75 Å². The van der Waals surface area contributed by atoms with E-state index in [1.165, 1.54) is 24.8 Å². The van der Waals surface area contributed by atoms with Crippen molar-refractivity contribution in [3.05, 3.63) is 29.8 Å². The number of aliphatic hydroxyl groups excluding tert-OH is 1. The Kier molecular flexibility index (Phi) is 5.86. The van der Waals surface area contributed by atoms with Gasteiger partial charge in [0.05, 0.1) is 13.2 Å². The minimum atomic E-state index is -0.0709. The van der Waals surface area contributed by atoms with Crippen LogP contribution in [-0.2, 0) is 6.54 Å².